The number of hydrogen-bond donors (Lipinski definition) is 2. The van der Waals surface area contributed by atoms with Crippen molar-refractivity contribution in [2.45, 2.75) is 45.2 Å². The summed E-state index contributed by atoms with van der Waals surface area (Å²) in [6, 6.07) is 7.22. The molecule has 0 bridgehead atoms. The van der Waals surface area contributed by atoms with Crippen LogP contribution in [-0.2, 0) is 22.5 Å². The summed E-state index contributed by atoms with van der Waals surface area (Å²) in [5, 5.41) is 5.49. The molecule has 1 aromatic heterocycles. The Hall–Kier alpha value is -3.38. The van der Waals surface area contributed by atoms with Gasteiger partial charge in [-0.3, -0.25) is 9.69 Å². The van der Waals surface area contributed by atoms with Crippen molar-refractivity contribution >= 4 is 23.4 Å². The van der Waals surface area contributed by atoms with Crippen molar-refractivity contribution in [2.75, 3.05) is 62.7 Å². The standard InChI is InChI=1S/C27H35F2N7O3/c1-3-30-26(38)31-20-6-4-19(5-7-20)24-32-22-14-34(15-23(37)35-11-9-27(28,29)17-35)10-8-21(22)25(33-24)36-12-13-39-16-18(36)2/h4-7,18H,3,8-17H2,1-2H3,(H2,30,31,38)/t18-/m0/s1. The van der Waals surface area contributed by atoms with E-state index in [1.54, 1.807) is 12.1 Å². The van der Waals surface area contributed by atoms with E-state index in [1.807, 2.05) is 24.0 Å². The first kappa shape index (κ1) is 27.2. The van der Waals surface area contributed by atoms with Crippen LogP contribution in [0, 0.1) is 0 Å². The number of carbonyl (C=O) groups is 2. The Morgan fingerprint density at radius 3 is 2.64 bits per heavy atom. The predicted molar refractivity (Wildman–Crippen MR) is 143 cm³/mol. The number of ether oxygens (including phenoxy) is 1. The number of anilines is 2. The monoisotopic (exact) mass is 543 g/mol. The zero-order valence-corrected chi connectivity index (χ0v) is 22.4. The average Bonchev–Trinajstić information content (AvgIpc) is 3.28. The fraction of sp³-hybridized carbons (Fsp3) is 0.556. The molecule has 0 saturated carbocycles. The number of likely N-dealkylation sites (tertiary alicyclic amines) is 1. The van der Waals surface area contributed by atoms with Crippen LogP contribution in [0.3, 0.4) is 0 Å². The van der Waals surface area contributed by atoms with Gasteiger partial charge in [-0.2, -0.15) is 0 Å². The Bertz CT molecular complexity index is 1210. The van der Waals surface area contributed by atoms with Crippen LogP contribution in [0.2, 0.25) is 0 Å². The highest BCUT2D eigenvalue weighted by atomic mass is 19.3. The number of nitrogens with one attached hydrogen (secondary N) is 2. The van der Waals surface area contributed by atoms with E-state index < -0.39 is 12.5 Å². The summed E-state index contributed by atoms with van der Waals surface area (Å²) < 4.78 is 32.9. The minimum atomic E-state index is -2.80. The number of rotatable bonds is 6. The van der Waals surface area contributed by atoms with Gasteiger partial charge in [0.15, 0.2) is 5.82 Å². The molecule has 0 aliphatic carbocycles. The van der Waals surface area contributed by atoms with Gasteiger partial charge in [0.25, 0.3) is 5.92 Å². The smallest absolute Gasteiger partial charge is 0.319 e. The molecule has 5 rings (SSSR count). The molecule has 3 amide bonds. The Morgan fingerprint density at radius 1 is 1.15 bits per heavy atom. The van der Waals surface area contributed by atoms with Gasteiger partial charge in [-0.05, 0) is 44.5 Å². The third-order valence-corrected chi connectivity index (χ3v) is 7.38. The maximum Gasteiger partial charge on any atom is 0.319 e. The van der Waals surface area contributed by atoms with E-state index in [9.17, 15) is 18.4 Å². The molecular formula is C27H35F2N7O3. The minimum absolute atomic E-state index is 0.0817. The second-order valence-electron chi connectivity index (χ2n) is 10.4. The zero-order valence-electron chi connectivity index (χ0n) is 22.4. The Kier molecular flexibility index (Phi) is 7.94. The van der Waals surface area contributed by atoms with E-state index in [2.05, 4.69) is 22.5 Å². The first-order valence-corrected chi connectivity index (χ1v) is 13.5. The molecule has 2 saturated heterocycles. The SMILES string of the molecule is CCNC(=O)Nc1ccc(-c2nc3c(c(N4CCOC[C@@H]4C)n2)CCN(CC(=O)N2CCC(F)(F)C2)C3)cc1. The first-order chi connectivity index (χ1) is 18.7. The average molecular weight is 544 g/mol. The second-order valence-corrected chi connectivity index (χ2v) is 10.4. The number of benzene rings is 1. The van der Waals surface area contributed by atoms with Gasteiger partial charge in [0.1, 0.15) is 5.82 Å². The summed E-state index contributed by atoms with van der Waals surface area (Å²) in [7, 11) is 0. The second kappa shape index (κ2) is 11.4. The summed E-state index contributed by atoms with van der Waals surface area (Å²) in [6.07, 6.45) is 0.380. The van der Waals surface area contributed by atoms with Gasteiger partial charge >= 0.3 is 6.03 Å². The van der Waals surface area contributed by atoms with Crippen molar-refractivity contribution in [2.24, 2.45) is 0 Å². The van der Waals surface area contributed by atoms with Gasteiger partial charge in [-0.25, -0.2) is 23.5 Å². The molecule has 1 atom stereocenters. The van der Waals surface area contributed by atoms with E-state index in [1.165, 1.54) is 4.90 Å². The molecule has 12 heteroatoms. The van der Waals surface area contributed by atoms with Crippen molar-refractivity contribution < 1.29 is 23.1 Å². The highest BCUT2D eigenvalue weighted by Gasteiger charge is 2.40. The summed E-state index contributed by atoms with van der Waals surface area (Å²) in [4.78, 5) is 40.0. The number of carbonyl (C=O) groups excluding carboxylic acids is 2. The summed E-state index contributed by atoms with van der Waals surface area (Å²) in [5.41, 5.74) is 3.35. The van der Waals surface area contributed by atoms with Crippen molar-refractivity contribution in [3.05, 3.63) is 35.5 Å². The molecule has 3 aliphatic rings. The van der Waals surface area contributed by atoms with Crippen molar-refractivity contribution in [3.8, 4) is 11.4 Å². The maximum atomic E-state index is 13.6. The predicted octanol–water partition coefficient (Wildman–Crippen LogP) is 2.74. The number of nitrogens with zero attached hydrogens (tertiary/aromatic N) is 5. The van der Waals surface area contributed by atoms with Crippen LogP contribution in [0.5, 0.6) is 0 Å². The fourth-order valence-electron chi connectivity index (χ4n) is 5.29. The molecular weight excluding hydrogens is 508 g/mol. The number of alkyl halides is 2. The Balaban J connectivity index is 1.40. The molecule has 10 nitrogen and oxygen atoms in total. The molecule has 210 valence electrons. The summed E-state index contributed by atoms with van der Waals surface area (Å²) >= 11 is 0. The molecule has 2 fully saturated rings. The van der Waals surface area contributed by atoms with Gasteiger partial charge in [-0.15, -0.1) is 0 Å². The molecule has 1 aromatic carbocycles. The molecule has 0 radical (unpaired) electrons. The lowest BCUT2D eigenvalue weighted by molar-refractivity contribution is -0.133. The van der Waals surface area contributed by atoms with Crippen LogP contribution in [0.25, 0.3) is 11.4 Å². The van der Waals surface area contributed by atoms with Crippen LogP contribution in [0.4, 0.5) is 25.1 Å². The van der Waals surface area contributed by atoms with Gasteiger partial charge < -0.3 is 25.2 Å². The molecule has 0 unspecified atom stereocenters. The van der Waals surface area contributed by atoms with Gasteiger partial charge in [-0.1, -0.05) is 0 Å². The third kappa shape index (κ3) is 6.27. The third-order valence-electron chi connectivity index (χ3n) is 7.38. The molecule has 2 aromatic rings. The first-order valence-electron chi connectivity index (χ1n) is 13.5. The van der Waals surface area contributed by atoms with Crippen LogP contribution >= 0.6 is 0 Å². The van der Waals surface area contributed by atoms with Gasteiger partial charge in [0, 0.05) is 56.0 Å². The van der Waals surface area contributed by atoms with Crippen LogP contribution < -0.4 is 15.5 Å². The van der Waals surface area contributed by atoms with Crippen LogP contribution in [-0.4, -0.2) is 96.2 Å². The lowest BCUT2D eigenvalue weighted by atomic mass is 10.0. The highest BCUT2D eigenvalue weighted by Crippen LogP contribution is 2.32. The lowest BCUT2D eigenvalue weighted by Gasteiger charge is -2.38. The van der Waals surface area contributed by atoms with Crippen molar-refractivity contribution in [1.29, 1.82) is 0 Å². The number of fused-ring (bicyclic) bond motifs is 1. The highest BCUT2D eigenvalue weighted by molar-refractivity contribution is 5.89. The normalized spacial score (nSPS) is 21.0. The Labute approximate surface area is 226 Å². The van der Waals surface area contributed by atoms with E-state index in [0.717, 1.165) is 22.6 Å². The summed E-state index contributed by atoms with van der Waals surface area (Å²) in [6.45, 7) is 7.14. The van der Waals surface area contributed by atoms with Crippen molar-refractivity contribution in [1.82, 2.24) is 25.1 Å². The number of amides is 3. The fourth-order valence-corrected chi connectivity index (χ4v) is 5.29. The number of halogens is 2. The molecule has 0 spiro atoms. The van der Waals surface area contributed by atoms with E-state index in [0.29, 0.717) is 57.3 Å². The number of morpholine rings is 1. The van der Waals surface area contributed by atoms with E-state index >= 15 is 0 Å². The van der Waals surface area contributed by atoms with Gasteiger partial charge in [0.2, 0.25) is 5.91 Å². The molecule has 39 heavy (non-hydrogen) atoms. The topological polar surface area (TPSA) is 103 Å². The molecule has 3 aliphatic heterocycles. The molecule has 2 N–H and O–H groups in total. The van der Waals surface area contributed by atoms with E-state index in [4.69, 9.17) is 14.7 Å². The minimum Gasteiger partial charge on any atom is -0.377 e. The number of urea groups is 1. The quantitative estimate of drug-likeness (QED) is 0.578. The maximum absolute atomic E-state index is 13.6. The summed E-state index contributed by atoms with van der Waals surface area (Å²) in [5.74, 6) is -1.65. The number of hydrogen-bond acceptors (Lipinski definition) is 7. The van der Waals surface area contributed by atoms with Crippen LogP contribution in [0.1, 0.15) is 31.5 Å². The van der Waals surface area contributed by atoms with Crippen molar-refractivity contribution in [3.63, 3.8) is 0 Å². The van der Waals surface area contributed by atoms with Crippen LogP contribution in [0.15, 0.2) is 24.3 Å². The van der Waals surface area contributed by atoms with E-state index in [-0.39, 0.29) is 37.5 Å². The van der Waals surface area contributed by atoms with Gasteiger partial charge in [0.05, 0.1) is 38.0 Å². The zero-order chi connectivity index (χ0) is 27.6. The lowest BCUT2D eigenvalue weighted by Crippen LogP contribution is -2.46. The largest absolute Gasteiger partial charge is 0.377 e. The number of aromatic nitrogens is 2. The molecule has 4 heterocycles. The Morgan fingerprint density at radius 2 is 1.95 bits per heavy atom.